The summed E-state index contributed by atoms with van der Waals surface area (Å²) in [5, 5.41) is 0. The van der Waals surface area contributed by atoms with Gasteiger partial charge in [-0.1, -0.05) is 0 Å². The highest BCUT2D eigenvalue weighted by Crippen LogP contribution is 2.34. The third kappa shape index (κ3) is 1.81. The van der Waals surface area contributed by atoms with Gasteiger partial charge >= 0.3 is 0 Å². The largest absolute Gasteiger partial charge is 0.492 e. The molecule has 1 aromatic rings. The van der Waals surface area contributed by atoms with Crippen molar-refractivity contribution >= 4 is 0 Å². The molecule has 0 aromatic heterocycles. The van der Waals surface area contributed by atoms with Gasteiger partial charge in [-0.3, -0.25) is 0 Å². The highest BCUT2D eigenvalue weighted by molar-refractivity contribution is 5.46. The molecule has 0 spiro atoms. The Morgan fingerprint density at radius 3 is 2.87 bits per heavy atom. The number of benzene rings is 1. The Hall–Kier alpha value is -1.16. The minimum Gasteiger partial charge on any atom is -0.492 e. The first-order chi connectivity index (χ1) is 7.09. The SMILES string of the molecule is CC(N)Cc1c(F)cc(F)c2c1OCC2. The molecule has 0 amide bonds. The first kappa shape index (κ1) is 10.4. The van der Waals surface area contributed by atoms with Crippen molar-refractivity contribution in [3.8, 4) is 5.75 Å². The van der Waals surface area contributed by atoms with Crippen LogP contribution in [0.25, 0.3) is 0 Å². The lowest BCUT2D eigenvalue weighted by molar-refractivity contribution is 0.350. The number of halogens is 2. The van der Waals surface area contributed by atoms with E-state index in [0.29, 0.717) is 36.3 Å². The number of hydrogen-bond acceptors (Lipinski definition) is 2. The molecule has 2 rings (SSSR count). The summed E-state index contributed by atoms with van der Waals surface area (Å²) in [6.07, 6.45) is 0.877. The molecule has 0 aliphatic carbocycles. The van der Waals surface area contributed by atoms with Crippen molar-refractivity contribution in [2.45, 2.75) is 25.8 Å². The quantitative estimate of drug-likeness (QED) is 0.812. The molecule has 1 aliphatic rings. The van der Waals surface area contributed by atoms with E-state index in [9.17, 15) is 8.78 Å². The van der Waals surface area contributed by atoms with E-state index < -0.39 is 11.6 Å². The van der Waals surface area contributed by atoms with Gasteiger partial charge in [-0.15, -0.1) is 0 Å². The molecule has 1 heterocycles. The van der Waals surface area contributed by atoms with Crippen LogP contribution in [-0.4, -0.2) is 12.6 Å². The van der Waals surface area contributed by atoms with Crippen LogP contribution in [0.1, 0.15) is 18.1 Å². The van der Waals surface area contributed by atoms with Crippen molar-refractivity contribution in [1.29, 1.82) is 0 Å². The summed E-state index contributed by atoms with van der Waals surface area (Å²) in [5.41, 5.74) is 6.49. The normalized spacial score (nSPS) is 16.0. The summed E-state index contributed by atoms with van der Waals surface area (Å²) in [6.45, 7) is 2.20. The van der Waals surface area contributed by atoms with Gasteiger partial charge in [0.05, 0.1) is 6.61 Å². The van der Waals surface area contributed by atoms with Gasteiger partial charge in [-0.25, -0.2) is 8.78 Å². The van der Waals surface area contributed by atoms with Crippen LogP contribution in [0.5, 0.6) is 5.75 Å². The molecule has 4 heteroatoms. The summed E-state index contributed by atoms with van der Waals surface area (Å²) < 4.78 is 32.1. The van der Waals surface area contributed by atoms with Crippen LogP contribution < -0.4 is 10.5 Å². The fraction of sp³-hybridized carbons (Fsp3) is 0.455. The summed E-state index contributed by atoms with van der Waals surface area (Å²) in [5.74, 6) is -0.719. The Morgan fingerprint density at radius 2 is 2.20 bits per heavy atom. The summed E-state index contributed by atoms with van der Waals surface area (Å²) >= 11 is 0. The molecular formula is C11H13F2NO. The fourth-order valence-corrected chi connectivity index (χ4v) is 1.86. The van der Waals surface area contributed by atoms with E-state index in [2.05, 4.69) is 0 Å². The first-order valence-corrected chi connectivity index (χ1v) is 4.97. The Labute approximate surface area is 87.0 Å². The van der Waals surface area contributed by atoms with E-state index in [0.717, 1.165) is 6.07 Å². The average Bonchev–Trinajstić information content (AvgIpc) is 2.60. The molecule has 1 atom stereocenters. The van der Waals surface area contributed by atoms with Crippen LogP contribution in [0.15, 0.2) is 6.07 Å². The van der Waals surface area contributed by atoms with E-state index in [4.69, 9.17) is 10.5 Å². The monoisotopic (exact) mass is 213 g/mol. The van der Waals surface area contributed by atoms with Gasteiger partial charge < -0.3 is 10.5 Å². The highest BCUT2D eigenvalue weighted by Gasteiger charge is 2.24. The lowest BCUT2D eigenvalue weighted by Crippen LogP contribution is -2.19. The number of fused-ring (bicyclic) bond motifs is 1. The van der Waals surface area contributed by atoms with Crippen molar-refractivity contribution in [1.82, 2.24) is 0 Å². The second kappa shape index (κ2) is 3.77. The standard InChI is InChI=1S/C11H13F2NO/c1-6(14)4-8-10(13)5-9(12)7-2-3-15-11(7)8/h5-6H,2-4,14H2,1H3. The van der Waals surface area contributed by atoms with Crippen molar-refractivity contribution in [2.75, 3.05) is 6.61 Å². The first-order valence-electron chi connectivity index (χ1n) is 4.97. The van der Waals surface area contributed by atoms with Gasteiger partial charge in [0.2, 0.25) is 0 Å². The van der Waals surface area contributed by atoms with Crippen LogP contribution in [0.3, 0.4) is 0 Å². The minimum atomic E-state index is -0.564. The van der Waals surface area contributed by atoms with E-state index >= 15 is 0 Å². The Bertz CT molecular complexity index is 391. The fourth-order valence-electron chi connectivity index (χ4n) is 1.86. The molecule has 0 saturated heterocycles. The molecule has 2 nitrogen and oxygen atoms in total. The molecule has 0 bridgehead atoms. The zero-order valence-electron chi connectivity index (χ0n) is 8.52. The topological polar surface area (TPSA) is 35.2 Å². The number of rotatable bonds is 2. The van der Waals surface area contributed by atoms with Gasteiger partial charge in [-0.05, 0) is 13.3 Å². The van der Waals surface area contributed by atoms with Gasteiger partial charge in [0, 0.05) is 29.7 Å². The Kier molecular flexibility index (Phi) is 2.61. The molecule has 0 radical (unpaired) electrons. The zero-order valence-corrected chi connectivity index (χ0v) is 8.52. The average molecular weight is 213 g/mol. The third-order valence-electron chi connectivity index (χ3n) is 2.50. The second-order valence-corrected chi connectivity index (χ2v) is 3.91. The van der Waals surface area contributed by atoms with Crippen LogP contribution in [-0.2, 0) is 12.8 Å². The van der Waals surface area contributed by atoms with Crippen LogP contribution in [0, 0.1) is 11.6 Å². The second-order valence-electron chi connectivity index (χ2n) is 3.91. The highest BCUT2D eigenvalue weighted by atomic mass is 19.1. The molecule has 15 heavy (non-hydrogen) atoms. The predicted molar refractivity (Wildman–Crippen MR) is 52.9 cm³/mol. The van der Waals surface area contributed by atoms with Crippen LogP contribution in [0.2, 0.25) is 0 Å². The Balaban J connectivity index is 2.49. The predicted octanol–water partition coefficient (Wildman–Crippen LogP) is 1.79. The van der Waals surface area contributed by atoms with E-state index in [1.165, 1.54) is 0 Å². The molecular weight excluding hydrogens is 200 g/mol. The lowest BCUT2D eigenvalue weighted by atomic mass is 10.0. The number of hydrogen-bond donors (Lipinski definition) is 1. The van der Waals surface area contributed by atoms with Gasteiger partial charge in [0.25, 0.3) is 0 Å². The van der Waals surface area contributed by atoms with E-state index in [1.54, 1.807) is 6.92 Å². The molecule has 1 unspecified atom stereocenters. The van der Waals surface area contributed by atoms with Gasteiger partial charge in [0.1, 0.15) is 17.4 Å². The maximum atomic E-state index is 13.5. The number of ether oxygens (including phenoxy) is 1. The van der Waals surface area contributed by atoms with Crippen molar-refractivity contribution < 1.29 is 13.5 Å². The van der Waals surface area contributed by atoms with Gasteiger partial charge in [-0.2, -0.15) is 0 Å². The Morgan fingerprint density at radius 1 is 1.47 bits per heavy atom. The van der Waals surface area contributed by atoms with Crippen molar-refractivity contribution in [2.24, 2.45) is 5.73 Å². The lowest BCUT2D eigenvalue weighted by Gasteiger charge is -2.11. The molecule has 0 saturated carbocycles. The van der Waals surface area contributed by atoms with Crippen LogP contribution >= 0.6 is 0 Å². The van der Waals surface area contributed by atoms with Gasteiger partial charge in [0.15, 0.2) is 0 Å². The van der Waals surface area contributed by atoms with Crippen molar-refractivity contribution in [3.05, 3.63) is 28.8 Å². The third-order valence-corrected chi connectivity index (χ3v) is 2.50. The molecule has 2 N–H and O–H groups in total. The smallest absolute Gasteiger partial charge is 0.133 e. The molecule has 82 valence electrons. The molecule has 1 aromatic carbocycles. The summed E-state index contributed by atoms with van der Waals surface area (Å²) in [6, 6.07) is 0.754. The summed E-state index contributed by atoms with van der Waals surface area (Å²) in [7, 11) is 0. The van der Waals surface area contributed by atoms with E-state index in [1.807, 2.05) is 0 Å². The van der Waals surface area contributed by atoms with E-state index in [-0.39, 0.29) is 6.04 Å². The summed E-state index contributed by atoms with van der Waals surface area (Å²) in [4.78, 5) is 0. The molecule has 0 fully saturated rings. The maximum absolute atomic E-state index is 13.5. The van der Waals surface area contributed by atoms with Crippen molar-refractivity contribution in [3.63, 3.8) is 0 Å². The minimum absolute atomic E-state index is 0.168. The number of nitrogens with two attached hydrogens (primary N) is 1. The zero-order chi connectivity index (χ0) is 11.0. The van der Waals surface area contributed by atoms with Crippen LogP contribution in [0.4, 0.5) is 8.78 Å². The maximum Gasteiger partial charge on any atom is 0.133 e. The molecule has 1 aliphatic heterocycles.